The van der Waals surface area contributed by atoms with Crippen LogP contribution >= 0.6 is 0 Å². The summed E-state index contributed by atoms with van der Waals surface area (Å²) in [4.78, 5) is 0. The van der Waals surface area contributed by atoms with Crippen LogP contribution in [-0.2, 0) is 6.54 Å². The number of ether oxygens (including phenoxy) is 2. The molecule has 2 heterocycles. The summed E-state index contributed by atoms with van der Waals surface area (Å²) in [5.74, 6) is 1.48. The van der Waals surface area contributed by atoms with E-state index in [9.17, 15) is 0 Å². The summed E-state index contributed by atoms with van der Waals surface area (Å²) in [5.41, 5.74) is 8.13. The van der Waals surface area contributed by atoms with Gasteiger partial charge in [0.05, 0.1) is 0 Å². The number of benzene rings is 1. The number of nitrogens with zero attached hydrogens (tertiary/aromatic N) is 1. The van der Waals surface area contributed by atoms with Gasteiger partial charge in [-0.1, -0.05) is 5.16 Å². The monoisotopic (exact) mass is 218 g/mol. The van der Waals surface area contributed by atoms with Crippen LogP contribution in [0, 0.1) is 0 Å². The Hall–Kier alpha value is -2.01. The maximum absolute atomic E-state index is 5.59. The smallest absolute Gasteiger partial charge is 0.231 e. The van der Waals surface area contributed by atoms with Crippen LogP contribution in [-0.4, -0.2) is 11.9 Å². The second-order valence-electron chi connectivity index (χ2n) is 3.46. The second-order valence-corrected chi connectivity index (χ2v) is 3.46. The van der Waals surface area contributed by atoms with Crippen molar-refractivity contribution in [2.45, 2.75) is 6.54 Å². The third-order valence-corrected chi connectivity index (χ3v) is 2.51. The van der Waals surface area contributed by atoms with Crippen molar-refractivity contribution in [1.29, 1.82) is 0 Å². The summed E-state index contributed by atoms with van der Waals surface area (Å²) in [6.45, 7) is 0.661. The number of hydrogen-bond acceptors (Lipinski definition) is 5. The van der Waals surface area contributed by atoms with Crippen molar-refractivity contribution in [2.24, 2.45) is 5.73 Å². The molecular formula is C11H10N2O3. The zero-order valence-corrected chi connectivity index (χ0v) is 8.47. The van der Waals surface area contributed by atoms with E-state index >= 15 is 0 Å². The molecule has 82 valence electrons. The highest BCUT2D eigenvalue weighted by Crippen LogP contribution is 2.36. The van der Waals surface area contributed by atoms with Crippen LogP contribution in [0.15, 0.2) is 29.0 Å². The van der Waals surface area contributed by atoms with Gasteiger partial charge >= 0.3 is 0 Å². The summed E-state index contributed by atoms with van der Waals surface area (Å²) < 4.78 is 15.4. The van der Waals surface area contributed by atoms with Gasteiger partial charge in [-0.15, -0.1) is 0 Å². The van der Waals surface area contributed by atoms with E-state index in [4.69, 9.17) is 19.7 Å². The van der Waals surface area contributed by atoms with Gasteiger partial charge in [0.1, 0.15) is 12.0 Å². The van der Waals surface area contributed by atoms with E-state index in [1.54, 1.807) is 6.26 Å². The molecule has 0 spiro atoms. The molecule has 0 saturated carbocycles. The molecule has 0 aliphatic carbocycles. The van der Waals surface area contributed by atoms with E-state index in [0.29, 0.717) is 6.54 Å². The fourth-order valence-electron chi connectivity index (χ4n) is 1.68. The first-order chi connectivity index (χ1) is 7.88. The number of aromatic nitrogens is 1. The molecule has 1 aliphatic rings. The van der Waals surface area contributed by atoms with E-state index in [0.717, 1.165) is 28.3 Å². The Labute approximate surface area is 91.7 Å². The molecule has 0 radical (unpaired) electrons. The van der Waals surface area contributed by atoms with Crippen molar-refractivity contribution in [1.82, 2.24) is 5.16 Å². The SMILES string of the molecule is NCc1conc1-c1ccc2c(c1)OCO2. The van der Waals surface area contributed by atoms with Crippen molar-refractivity contribution < 1.29 is 14.0 Å². The van der Waals surface area contributed by atoms with Gasteiger partial charge in [0.25, 0.3) is 0 Å². The summed E-state index contributed by atoms with van der Waals surface area (Å²) in [5, 5.41) is 3.93. The van der Waals surface area contributed by atoms with E-state index in [2.05, 4.69) is 5.16 Å². The van der Waals surface area contributed by atoms with Gasteiger partial charge in [0.15, 0.2) is 11.5 Å². The lowest BCUT2D eigenvalue weighted by Gasteiger charge is -2.00. The van der Waals surface area contributed by atoms with Crippen molar-refractivity contribution in [3.8, 4) is 22.8 Å². The molecule has 0 bridgehead atoms. The third kappa shape index (κ3) is 1.33. The van der Waals surface area contributed by atoms with Gasteiger partial charge in [-0.05, 0) is 18.2 Å². The van der Waals surface area contributed by atoms with Crippen LogP contribution in [0.25, 0.3) is 11.3 Å². The van der Waals surface area contributed by atoms with Crippen LogP contribution in [0.4, 0.5) is 0 Å². The quantitative estimate of drug-likeness (QED) is 0.827. The molecule has 0 unspecified atom stereocenters. The van der Waals surface area contributed by atoms with E-state index in [1.807, 2.05) is 18.2 Å². The lowest BCUT2D eigenvalue weighted by Crippen LogP contribution is -1.96. The largest absolute Gasteiger partial charge is 0.454 e. The summed E-state index contributed by atoms with van der Waals surface area (Å²) in [6.07, 6.45) is 1.56. The minimum atomic E-state index is 0.265. The summed E-state index contributed by atoms with van der Waals surface area (Å²) in [7, 11) is 0. The first-order valence-corrected chi connectivity index (χ1v) is 4.92. The molecule has 0 saturated heterocycles. The maximum atomic E-state index is 5.59. The molecule has 16 heavy (non-hydrogen) atoms. The Morgan fingerprint density at radius 3 is 3.00 bits per heavy atom. The first kappa shape index (κ1) is 9.23. The van der Waals surface area contributed by atoms with Crippen molar-refractivity contribution in [3.05, 3.63) is 30.0 Å². The predicted octanol–water partition coefficient (Wildman–Crippen LogP) is 1.53. The normalized spacial score (nSPS) is 13.1. The Bertz CT molecular complexity index is 522. The van der Waals surface area contributed by atoms with Gasteiger partial charge in [0.2, 0.25) is 6.79 Å². The van der Waals surface area contributed by atoms with Gasteiger partial charge in [-0.2, -0.15) is 0 Å². The highest BCUT2D eigenvalue weighted by molar-refractivity contribution is 5.66. The van der Waals surface area contributed by atoms with Gasteiger partial charge in [0, 0.05) is 17.7 Å². The van der Waals surface area contributed by atoms with E-state index < -0.39 is 0 Å². The van der Waals surface area contributed by atoms with Crippen molar-refractivity contribution in [2.75, 3.05) is 6.79 Å². The topological polar surface area (TPSA) is 70.5 Å². The van der Waals surface area contributed by atoms with E-state index in [-0.39, 0.29) is 6.79 Å². The first-order valence-electron chi connectivity index (χ1n) is 4.92. The van der Waals surface area contributed by atoms with Crippen LogP contribution in [0.2, 0.25) is 0 Å². The van der Waals surface area contributed by atoms with Crippen LogP contribution in [0.5, 0.6) is 11.5 Å². The number of fused-ring (bicyclic) bond motifs is 1. The van der Waals surface area contributed by atoms with Crippen molar-refractivity contribution >= 4 is 0 Å². The van der Waals surface area contributed by atoms with Gasteiger partial charge in [-0.25, -0.2) is 0 Å². The standard InChI is InChI=1S/C11H10N2O3/c12-4-8-5-16-13-11(8)7-1-2-9-10(3-7)15-6-14-9/h1-3,5H,4,6,12H2. The Morgan fingerprint density at radius 2 is 2.12 bits per heavy atom. The lowest BCUT2D eigenvalue weighted by molar-refractivity contribution is 0.174. The molecule has 1 aromatic carbocycles. The number of rotatable bonds is 2. The Balaban J connectivity index is 2.07. The highest BCUT2D eigenvalue weighted by Gasteiger charge is 2.16. The molecule has 5 heteroatoms. The number of nitrogens with two attached hydrogens (primary N) is 1. The van der Waals surface area contributed by atoms with Crippen LogP contribution < -0.4 is 15.2 Å². The van der Waals surface area contributed by atoms with Crippen LogP contribution in [0.3, 0.4) is 0 Å². The molecule has 0 fully saturated rings. The van der Waals surface area contributed by atoms with Crippen LogP contribution in [0.1, 0.15) is 5.56 Å². The van der Waals surface area contributed by atoms with Gasteiger partial charge in [-0.3, -0.25) is 0 Å². The maximum Gasteiger partial charge on any atom is 0.231 e. The molecule has 2 aromatic rings. The minimum absolute atomic E-state index is 0.265. The zero-order chi connectivity index (χ0) is 11.0. The summed E-state index contributed by atoms with van der Waals surface area (Å²) in [6, 6.07) is 5.64. The third-order valence-electron chi connectivity index (χ3n) is 2.51. The molecule has 0 amide bonds. The van der Waals surface area contributed by atoms with Gasteiger partial charge < -0.3 is 19.7 Å². The Morgan fingerprint density at radius 1 is 1.25 bits per heavy atom. The summed E-state index contributed by atoms with van der Waals surface area (Å²) >= 11 is 0. The lowest BCUT2D eigenvalue weighted by atomic mass is 10.1. The number of hydrogen-bond donors (Lipinski definition) is 1. The molecule has 1 aliphatic heterocycles. The molecule has 2 N–H and O–H groups in total. The minimum Gasteiger partial charge on any atom is -0.454 e. The molecular weight excluding hydrogens is 208 g/mol. The average molecular weight is 218 g/mol. The van der Waals surface area contributed by atoms with E-state index in [1.165, 1.54) is 0 Å². The Kier molecular flexibility index (Phi) is 2.04. The average Bonchev–Trinajstić information content (AvgIpc) is 2.96. The predicted molar refractivity (Wildman–Crippen MR) is 56.0 cm³/mol. The fraction of sp³-hybridized carbons (Fsp3) is 0.182. The fourth-order valence-corrected chi connectivity index (χ4v) is 1.68. The highest BCUT2D eigenvalue weighted by atomic mass is 16.7. The zero-order valence-electron chi connectivity index (χ0n) is 8.47. The van der Waals surface area contributed by atoms with Crippen molar-refractivity contribution in [3.63, 3.8) is 0 Å². The molecule has 5 nitrogen and oxygen atoms in total. The molecule has 1 aromatic heterocycles. The second kappa shape index (κ2) is 3.53. The molecule has 0 atom stereocenters. The molecule has 3 rings (SSSR count).